The van der Waals surface area contributed by atoms with Crippen molar-refractivity contribution in [3.05, 3.63) is 0 Å². The highest BCUT2D eigenvalue weighted by Crippen LogP contribution is 2.21. The molecule has 1 aliphatic heterocycles. The lowest BCUT2D eigenvalue weighted by Crippen LogP contribution is -2.48. The van der Waals surface area contributed by atoms with E-state index in [2.05, 4.69) is 23.9 Å². The third-order valence-corrected chi connectivity index (χ3v) is 5.00. The van der Waals surface area contributed by atoms with Gasteiger partial charge in [0.15, 0.2) is 0 Å². The van der Waals surface area contributed by atoms with Crippen molar-refractivity contribution < 1.29 is 8.42 Å². The van der Waals surface area contributed by atoms with Crippen molar-refractivity contribution in [1.29, 1.82) is 0 Å². The van der Waals surface area contributed by atoms with Crippen LogP contribution in [0.1, 0.15) is 39.5 Å². The summed E-state index contributed by atoms with van der Waals surface area (Å²) in [4.78, 5) is 0. The summed E-state index contributed by atoms with van der Waals surface area (Å²) < 4.78 is 29.0. The van der Waals surface area contributed by atoms with E-state index in [-0.39, 0.29) is 6.04 Å². The van der Waals surface area contributed by atoms with E-state index in [9.17, 15) is 8.42 Å². The first-order valence-electron chi connectivity index (χ1n) is 6.98. The largest absolute Gasteiger partial charge is 0.313 e. The Balaban J connectivity index is 1.97. The quantitative estimate of drug-likeness (QED) is 0.719. The minimum Gasteiger partial charge on any atom is -0.313 e. The summed E-state index contributed by atoms with van der Waals surface area (Å²) in [5.41, 5.74) is 0. The van der Waals surface area contributed by atoms with Crippen LogP contribution in [-0.4, -0.2) is 44.4 Å². The normalized spacial score (nSPS) is 25.2. The van der Waals surface area contributed by atoms with Crippen LogP contribution in [-0.2, 0) is 10.2 Å². The molecule has 0 amide bonds. The van der Waals surface area contributed by atoms with Gasteiger partial charge in [0.2, 0.25) is 0 Å². The molecule has 0 bridgehead atoms. The number of hydrogen-bond acceptors (Lipinski definition) is 3. The maximum Gasteiger partial charge on any atom is 0.279 e. The van der Waals surface area contributed by atoms with Gasteiger partial charge >= 0.3 is 0 Å². The minimum atomic E-state index is -3.30. The average Bonchev–Trinajstić information content (AvgIpc) is 2.91. The van der Waals surface area contributed by atoms with Crippen molar-refractivity contribution in [3.63, 3.8) is 0 Å². The Bertz CT molecular complexity index is 360. The van der Waals surface area contributed by atoms with Crippen LogP contribution in [0.5, 0.6) is 0 Å². The van der Waals surface area contributed by atoms with Crippen molar-refractivity contribution in [2.45, 2.75) is 51.6 Å². The molecule has 0 aromatic heterocycles. The number of hydrogen-bond donors (Lipinski definition) is 2. The number of nitrogens with zero attached hydrogens (tertiary/aromatic N) is 1. The standard InChI is InChI=1S/C12H25N3O2S/c1-10(2)8-15(9-12-4-3-7-13-12)18(16,17)14-11-5-6-11/h10-14H,3-9H2,1-2H3. The highest BCUT2D eigenvalue weighted by Gasteiger charge is 2.32. The zero-order valence-electron chi connectivity index (χ0n) is 11.4. The molecule has 18 heavy (non-hydrogen) atoms. The van der Waals surface area contributed by atoms with Crippen molar-refractivity contribution in [1.82, 2.24) is 14.3 Å². The van der Waals surface area contributed by atoms with E-state index in [1.807, 2.05) is 0 Å². The van der Waals surface area contributed by atoms with Gasteiger partial charge in [-0.05, 0) is 38.1 Å². The highest BCUT2D eigenvalue weighted by molar-refractivity contribution is 7.87. The van der Waals surface area contributed by atoms with Crippen LogP contribution < -0.4 is 10.0 Å². The van der Waals surface area contributed by atoms with Crippen LogP contribution in [0.3, 0.4) is 0 Å². The SMILES string of the molecule is CC(C)CN(CC1CCCN1)S(=O)(=O)NC1CC1. The summed E-state index contributed by atoms with van der Waals surface area (Å²) in [6.07, 6.45) is 4.19. The van der Waals surface area contributed by atoms with Crippen LogP contribution >= 0.6 is 0 Å². The predicted molar refractivity (Wildman–Crippen MR) is 72.5 cm³/mol. The molecule has 1 aliphatic carbocycles. The number of rotatable bonds is 7. The first-order valence-corrected chi connectivity index (χ1v) is 8.42. The minimum absolute atomic E-state index is 0.182. The molecule has 6 heteroatoms. The molecule has 1 atom stereocenters. The molecule has 1 heterocycles. The maximum absolute atomic E-state index is 12.3. The summed E-state index contributed by atoms with van der Waals surface area (Å²) in [7, 11) is -3.30. The van der Waals surface area contributed by atoms with E-state index < -0.39 is 10.2 Å². The first-order chi connectivity index (χ1) is 8.47. The Morgan fingerprint density at radius 1 is 1.33 bits per heavy atom. The van der Waals surface area contributed by atoms with E-state index in [0.717, 1.165) is 32.2 Å². The van der Waals surface area contributed by atoms with Crippen LogP contribution in [0.4, 0.5) is 0 Å². The van der Waals surface area contributed by atoms with Gasteiger partial charge in [0, 0.05) is 25.2 Å². The van der Waals surface area contributed by atoms with E-state index >= 15 is 0 Å². The van der Waals surface area contributed by atoms with E-state index in [0.29, 0.717) is 25.0 Å². The second-order valence-corrected chi connectivity index (χ2v) is 7.60. The molecular formula is C12H25N3O2S. The zero-order valence-corrected chi connectivity index (χ0v) is 12.2. The van der Waals surface area contributed by atoms with Gasteiger partial charge in [0.1, 0.15) is 0 Å². The third kappa shape index (κ3) is 4.19. The van der Waals surface area contributed by atoms with Crippen LogP contribution in [0.2, 0.25) is 0 Å². The Morgan fingerprint density at radius 2 is 2.06 bits per heavy atom. The van der Waals surface area contributed by atoms with Crippen LogP contribution in [0.15, 0.2) is 0 Å². The van der Waals surface area contributed by atoms with Gasteiger partial charge in [-0.15, -0.1) is 0 Å². The van der Waals surface area contributed by atoms with Gasteiger partial charge < -0.3 is 5.32 Å². The zero-order chi connectivity index (χ0) is 13.2. The molecule has 0 aromatic rings. The van der Waals surface area contributed by atoms with Gasteiger partial charge in [0.05, 0.1) is 0 Å². The molecule has 5 nitrogen and oxygen atoms in total. The molecule has 106 valence electrons. The molecule has 0 radical (unpaired) electrons. The molecule has 2 rings (SSSR count). The van der Waals surface area contributed by atoms with E-state index in [1.165, 1.54) is 0 Å². The summed E-state index contributed by atoms with van der Waals surface area (Å²) >= 11 is 0. The van der Waals surface area contributed by atoms with Crippen molar-refractivity contribution in [2.24, 2.45) is 5.92 Å². The molecule has 1 saturated carbocycles. The van der Waals surface area contributed by atoms with Gasteiger partial charge in [-0.1, -0.05) is 13.8 Å². The Labute approximate surface area is 110 Å². The fourth-order valence-corrected chi connectivity index (χ4v) is 4.00. The molecule has 1 unspecified atom stereocenters. The van der Waals surface area contributed by atoms with Crippen molar-refractivity contribution in [2.75, 3.05) is 19.6 Å². The summed E-state index contributed by atoms with van der Waals surface area (Å²) in [5.74, 6) is 0.349. The van der Waals surface area contributed by atoms with Crippen molar-refractivity contribution >= 4 is 10.2 Å². The fourth-order valence-electron chi connectivity index (χ4n) is 2.32. The molecule has 1 saturated heterocycles. The fraction of sp³-hybridized carbons (Fsp3) is 1.00. The van der Waals surface area contributed by atoms with Crippen LogP contribution in [0.25, 0.3) is 0 Å². The predicted octanol–water partition coefficient (Wildman–Crippen LogP) is 0.693. The lowest BCUT2D eigenvalue weighted by atomic mass is 10.2. The van der Waals surface area contributed by atoms with E-state index in [4.69, 9.17) is 0 Å². The maximum atomic E-state index is 12.3. The Morgan fingerprint density at radius 3 is 2.56 bits per heavy atom. The summed E-state index contributed by atoms with van der Waals surface area (Å²) in [6, 6.07) is 0.501. The van der Waals surface area contributed by atoms with E-state index in [1.54, 1.807) is 4.31 Å². The van der Waals surface area contributed by atoms with Gasteiger partial charge in [0.25, 0.3) is 10.2 Å². The number of nitrogens with one attached hydrogen (secondary N) is 2. The van der Waals surface area contributed by atoms with Gasteiger partial charge in [-0.2, -0.15) is 17.4 Å². The highest BCUT2D eigenvalue weighted by atomic mass is 32.2. The second kappa shape index (κ2) is 5.86. The monoisotopic (exact) mass is 275 g/mol. The molecular weight excluding hydrogens is 250 g/mol. The van der Waals surface area contributed by atoms with Gasteiger partial charge in [-0.3, -0.25) is 0 Å². The van der Waals surface area contributed by atoms with Gasteiger partial charge in [-0.25, -0.2) is 0 Å². The topological polar surface area (TPSA) is 61.4 Å². The first kappa shape index (κ1) is 14.2. The average molecular weight is 275 g/mol. The molecule has 2 fully saturated rings. The molecule has 0 spiro atoms. The molecule has 2 aliphatic rings. The second-order valence-electron chi connectivity index (χ2n) is 5.90. The summed E-state index contributed by atoms with van der Waals surface area (Å²) in [6.45, 7) is 6.32. The Kier molecular flexibility index (Phi) is 4.64. The lowest BCUT2D eigenvalue weighted by molar-refractivity contribution is 0.332. The smallest absolute Gasteiger partial charge is 0.279 e. The van der Waals surface area contributed by atoms with Crippen LogP contribution in [0, 0.1) is 5.92 Å². The lowest BCUT2D eigenvalue weighted by Gasteiger charge is -2.26. The Hall–Kier alpha value is -0.170. The third-order valence-electron chi connectivity index (χ3n) is 3.39. The molecule has 2 N–H and O–H groups in total. The molecule has 0 aromatic carbocycles. The summed E-state index contributed by atoms with van der Waals surface area (Å²) in [5, 5.41) is 3.37. The van der Waals surface area contributed by atoms with Crippen molar-refractivity contribution in [3.8, 4) is 0 Å².